The molecule has 0 saturated heterocycles. The molecule has 1 aromatic carbocycles. The van der Waals surface area contributed by atoms with Crippen molar-refractivity contribution in [1.82, 2.24) is 14.9 Å². The van der Waals surface area contributed by atoms with E-state index in [2.05, 4.69) is 27.9 Å². The first-order valence-corrected chi connectivity index (χ1v) is 8.15. The summed E-state index contributed by atoms with van der Waals surface area (Å²) in [5.74, 6) is 2.13. The lowest BCUT2D eigenvalue weighted by Crippen LogP contribution is -2.31. The minimum atomic E-state index is 0.395. The molecule has 0 amide bonds. The number of nitrogens with one attached hydrogen (secondary N) is 1. The molecule has 0 aliphatic rings. The first kappa shape index (κ1) is 15.4. The fourth-order valence-corrected chi connectivity index (χ4v) is 3.35. The number of imidazole rings is 1. The molecule has 1 heterocycles. The Morgan fingerprint density at radius 1 is 1.45 bits per heavy atom. The van der Waals surface area contributed by atoms with Crippen molar-refractivity contribution in [1.29, 1.82) is 0 Å². The summed E-state index contributed by atoms with van der Waals surface area (Å²) in [6.45, 7) is 3.10. The molecule has 20 heavy (non-hydrogen) atoms. The van der Waals surface area contributed by atoms with Gasteiger partial charge in [0, 0.05) is 47.1 Å². The maximum atomic E-state index is 6.01. The molecule has 3 nitrogen and oxygen atoms in total. The molecule has 0 bridgehead atoms. The van der Waals surface area contributed by atoms with Gasteiger partial charge in [-0.25, -0.2) is 4.98 Å². The largest absolute Gasteiger partial charge is 0.335 e. The van der Waals surface area contributed by atoms with Gasteiger partial charge in [-0.05, 0) is 32.2 Å². The van der Waals surface area contributed by atoms with Crippen molar-refractivity contribution in [2.45, 2.75) is 30.8 Å². The normalized spacial score (nSPS) is 12.6. The number of thioether (sulfide) groups is 1. The highest BCUT2D eigenvalue weighted by atomic mass is 35.5. The van der Waals surface area contributed by atoms with E-state index in [0.29, 0.717) is 6.04 Å². The summed E-state index contributed by atoms with van der Waals surface area (Å²) in [5, 5.41) is 4.16. The van der Waals surface area contributed by atoms with Crippen molar-refractivity contribution >= 4 is 23.4 Å². The highest BCUT2D eigenvalue weighted by Gasteiger charge is 2.11. The summed E-state index contributed by atoms with van der Waals surface area (Å²) < 4.78 is 2.19. The van der Waals surface area contributed by atoms with Crippen LogP contribution in [0.1, 0.15) is 12.7 Å². The van der Waals surface area contributed by atoms with E-state index in [9.17, 15) is 0 Å². The fourth-order valence-electron chi connectivity index (χ4n) is 2.04. The Labute approximate surface area is 129 Å². The molecule has 1 atom stereocenters. The Morgan fingerprint density at radius 3 is 3.00 bits per heavy atom. The number of likely N-dealkylation sites (N-methyl/N-ethyl adjacent to an activating group) is 1. The third-order valence-electron chi connectivity index (χ3n) is 3.23. The Morgan fingerprint density at radius 2 is 2.30 bits per heavy atom. The molecule has 0 spiro atoms. The average Bonchev–Trinajstić information content (AvgIpc) is 2.90. The Hall–Kier alpha value is -0.970. The summed E-state index contributed by atoms with van der Waals surface area (Å²) in [7, 11) is 2.00. The van der Waals surface area contributed by atoms with Gasteiger partial charge in [0.2, 0.25) is 0 Å². The summed E-state index contributed by atoms with van der Waals surface area (Å²) in [6.07, 6.45) is 4.84. The van der Waals surface area contributed by atoms with Crippen molar-refractivity contribution in [3.63, 3.8) is 0 Å². The number of hydrogen-bond donors (Lipinski definition) is 1. The number of aryl methyl sites for hydroxylation is 1. The third-order valence-corrected chi connectivity index (χ3v) is 4.62. The van der Waals surface area contributed by atoms with Crippen LogP contribution in [0.5, 0.6) is 0 Å². The predicted octanol–water partition coefficient (Wildman–Crippen LogP) is 3.48. The van der Waals surface area contributed by atoms with Gasteiger partial charge in [-0.3, -0.25) is 0 Å². The van der Waals surface area contributed by atoms with Crippen LogP contribution in [0.25, 0.3) is 0 Å². The van der Waals surface area contributed by atoms with Crippen LogP contribution in [0.2, 0.25) is 5.02 Å². The Balaban J connectivity index is 1.92. The van der Waals surface area contributed by atoms with Gasteiger partial charge in [-0.2, -0.15) is 0 Å². The van der Waals surface area contributed by atoms with E-state index in [1.165, 1.54) is 4.90 Å². The molecule has 1 aromatic heterocycles. The van der Waals surface area contributed by atoms with Crippen molar-refractivity contribution in [2.75, 3.05) is 12.8 Å². The van der Waals surface area contributed by atoms with E-state index >= 15 is 0 Å². The quantitative estimate of drug-likeness (QED) is 0.794. The lowest BCUT2D eigenvalue weighted by Gasteiger charge is -2.16. The standard InChI is InChI=1S/C15H20ClN3S/c1-3-19-8-7-18-15(19)10-13(17-2)11-20-14-6-4-5-12(16)9-14/h4-9,13,17H,3,10-11H2,1-2H3. The van der Waals surface area contributed by atoms with Crippen LogP contribution in [-0.4, -0.2) is 28.4 Å². The molecule has 0 fully saturated rings. The minimum absolute atomic E-state index is 0.395. The van der Waals surface area contributed by atoms with Crippen LogP contribution in [-0.2, 0) is 13.0 Å². The number of aromatic nitrogens is 2. The number of rotatable bonds is 7. The molecule has 2 rings (SSSR count). The van der Waals surface area contributed by atoms with Crippen LogP contribution < -0.4 is 5.32 Å². The zero-order chi connectivity index (χ0) is 14.4. The maximum absolute atomic E-state index is 6.01. The van der Waals surface area contributed by atoms with Gasteiger partial charge < -0.3 is 9.88 Å². The molecule has 1 unspecified atom stereocenters. The molecule has 5 heteroatoms. The van der Waals surface area contributed by atoms with Gasteiger partial charge in [-0.15, -0.1) is 11.8 Å². The number of halogens is 1. The smallest absolute Gasteiger partial charge is 0.110 e. The number of hydrogen-bond acceptors (Lipinski definition) is 3. The minimum Gasteiger partial charge on any atom is -0.335 e. The zero-order valence-electron chi connectivity index (χ0n) is 11.8. The van der Waals surface area contributed by atoms with Crippen molar-refractivity contribution < 1.29 is 0 Å². The number of nitrogens with zero attached hydrogens (tertiary/aromatic N) is 2. The highest BCUT2D eigenvalue weighted by Crippen LogP contribution is 2.22. The van der Waals surface area contributed by atoms with Gasteiger partial charge in [0.1, 0.15) is 5.82 Å². The second-order valence-electron chi connectivity index (χ2n) is 4.59. The number of benzene rings is 1. The van der Waals surface area contributed by atoms with Crippen LogP contribution in [0.3, 0.4) is 0 Å². The van der Waals surface area contributed by atoms with Gasteiger partial charge in [-0.1, -0.05) is 17.7 Å². The van der Waals surface area contributed by atoms with Gasteiger partial charge in [0.15, 0.2) is 0 Å². The fraction of sp³-hybridized carbons (Fsp3) is 0.400. The van der Waals surface area contributed by atoms with E-state index in [1.807, 2.05) is 49.4 Å². The average molecular weight is 310 g/mol. The van der Waals surface area contributed by atoms with Crippen LogP contribution in [0, 0.1) is 0 Å². The summed E-state index contributed by atoms with van der Waals surface area (Å²) in [4.78, 5) is 5.64. The molecule has 0 radical (unpaired) electrons. The second kappa shape index (κ2) is 7.72. The maximum Gasteiger partial charge on any atom is 0.110 e. The molecule has 0 aliphatic heterocycles. The molecular weight excluding hydrogens is 290 g/mol. The molecule has 0 aliphatic carbocycles. The van der Waals surface area contributed by atoms with Crippen LogP contribution >= 0.6 is 23.4 Å². The van der Waals surface area contributed by atoms with E-state index in [4.69, 9.17) is 11.6 Å². The Bertz CT molecular complexity index is 541. The zero-order valence-corrected chi connectivity index (χ0v) is 13.4. The topological polar surface area (TPSA) is 29.9 Å². The molecule has 108 valence electrons. The summed E-state index contributed by atoms with van der Waals surface area (Å²) in [6, 6.07) is 8.39. The lowest BCUT2D eigenvalue weighted by atomic mass is 10.2. The monoisotopic (exact) mass is 309 g/mol. The SMILES string of the molecule is CCn1ccnc1CC(CSc1cccc(Cl)c1)NC. The molecule has 1 N–H and O–H groups in total. The first-order chi connectivity index (χ1) is 9.72. The van der Waals surface area contributed by atoms with Gasteiger partial charge in [0.25, 0.3) is 0 Å². The van der Waals surface area contributed by atoms with Crippen molar-refractivity contribution in [3.05, 3.63) is 47.5 Å². The summed E-state index contributed by atoms with van der Waals surface area (Å²) in [5.41, 5.74) is 0. The second-order valence-corrected chi connectivity index (χ2v) is 6.12. The van der Waals surface area contributed by atoms with Crippen molar-refractivity contribution in [3.8, 4) is 0 Å². The first-order valence-electron chi connectivity index (χ1n) is 6.78. The van der Waals surface area contributed by atoms with Crippen LogP contribution in [0.15, 0.2) is 41.6 Å². The Kier molecular flexibility index (Phi) is 5.95. The predicted molar refractivity (Wildman–Crippen MR) is 86.6 cm³/mol. The van der Waals surface area contributed by atoms with E-state index in [-0.39, 0.29) is 0 Å². The van der Waals surface area contributed by atoms with Crippen LogP contribution in [0.4, 0.5) is 0 Å². The lowest BCUT2D eigenvalue weighted by molar-refractivity contribution is 0.573. The third kappa shape index (κ3) is 4.27. The molecule has 2 aromatic rings. The molecular formula is C15H20ClN3S. The van der Waals surface area contributed by atoms with E-state index in [0.717, 1.165) is 29.6 Å². The molecule has 0 saturated carbocycles. The van der Waals surface area contributed by atoms with E-state index < -0.39 is 0 Å². The van der Waals surface area contributed by atoms with Gasteiger partial charge >= 0.3 is 0 Å². The van der Waals surface area contributed by atoms with E-state index in [1.54, 1.807) is 0 Å². The van der Waals surface area contributed by atoms with Gasteiger partial charge in [0.05, 0.1) is 0 Å². The van der Waals surface area contributed by atoms with Crippen molar-refractivity contribution in [2.24, 2.45) is 0 Å². The summed E-state index contributed by atoms with van der Waals surface area (Å²) >= 11 is 7.83. The highest BCUT2D eigenvalue weighted by molar-refractivity contribution is 7.99.